The van der Waals surface area contributed by atoms with Crippen LogP contribution in [0.15, 0.2) is 23.2 Å². The normalized spacial score (nSPS) is 11.6. The second-order valence-corrected chi connectivity index (χ2v) is 4.96. The number of aliphatic imine (C=N–C) groups is 1. The Morgan fingerprint density at radius 3 is 2.62 bits per heavy atom. The lowest BCUT2D eigenvalue weighted by Crippen LogP contribution is -2.39. The van der Waals surface area contributed by atoms with E-state index < -0.39 is 11.6 Å². The largest absolute Gasteiger partial charge is 0.492 e. The maximum atomic E-state index is 13.0. The summed E-state index contributed by atoms with van der Waals surface area (Å²) < 4.78 is 31.1. The molecule has 0 heterocycles. The Kier molecular flexibility index (Phi) is 7.50. The van der Waals surface area contributed by atoms with Gasteiger partial charge in [0.1, 0.15) is 12.4 Å². The molecule has 0 aliphatic carbocycles. The van der Waals surface area contributed by atoms with Crippen molar-refractivity contribution in [2.24, 2.45) is 10.9 Å². The highest BCUT2D eigenvalue weighted by Crippen LogP contribution is 2.14. The van der Waals surface area contributed by atoms with Crippen molar-refractivity contribution in [1.29, 1.82) is 0 Å². The maximum absolute atomic E-state index is 13.0. The Morgan fingerprint density at radius 1 is 1.24 bits per heavy atom. The number of benzene rings is 1. The molecule has 1 aromatic carbocycles. The van der Waals surface area contributed by atoms with Crippen LogP contribution in [0.2, 0.25) is 0 Å². The van der Waals surface area contributed by atoms with Gasteiger partial charge in [-0.25, -0.2) is 8.78 Å². The number of hydrogen-bond donors (Lipinski definition) is 2. The molecule has 0 unspecified atom stereocenters. The van der Waals surface area contributed by atoms with Crippen molar-refractivity contribution in [3.8, 4) is 5.75 Å². The van der Waals surface area contributed by atoms with Crippen molar-refractivity contribution in [2.45, 2.75) is 20.8 Å². The summed E-state index contributed by atoms with van der Waals surface area (Å²) in [5.74, 6) is -0.276. The molecule has 0 radical (unpaired) electrons. The molecule has 0 spiro atoms. The van der Waals surface area contributed by atoms with Gasteiger partial charge in [0.2, 0.25) is 0 Å². The third kappa shape index (κ3) is 6.92. The number of ether oxygens (including phenoxy) is 1. The Hall–Kier alpha value is -1.85. The molecule has 1 aromatic rings. The molecule has 118 valence electrons. The van der Waals surface area contributed by atoms with Crippen LogP contribution in [0, 0.1) is 17.6 Å². The van der Waals surface area contributed by atoms with E-state index in [1.165, 1.54) is 6.07 Å². The summed E-state index contributed by atoms with van der Waals surface area (Å²) in [4.78, 5) is 4.41. The molecule has 0 amide bonds. The smallest absolute Gasteiger partial charge is 0.191 e. The first-order chi connectivity index (χ1) is 10.0. The van der Waals surface area contributed by atoms with Crippen molar-refractivity contribution >= 4 is 5.96 Å². The monoisotopic (exact) mass is 299 g/mol. The SMILES string of the molecule is CCNC(=NCC(C)C)NCCOc1ccc(F)c(F)c1. The second-order valence-electron chi connectivity index (χ2n) is 4.96. The summed E-state index contributed by atoms with van der Waals surface area (Å²) in [7, 11) is 0. The van der Waals surface area contributed by atoms with Crippen LogP contribution in [0.3, 0.4) is 0 Å². The molecule has 21 heavy (non-hydrogen) atoms. The number of guanidine groups is 1. The van der Waals surface area contributed by atoms with Crippen LogP contribution in [-0.2, 0) is 0 Å². The van der Waals surface area contributed by atoms with Crippen LogP contribution in [0.4, 0.5) is 8.78 Å². The van der Waals surface area contributed by atoms with Gasteiger partial charge < -0.3 is 15.4 Å². The van der Waals surface area contributed by atoms with Crippen LogP contribution >= 0.6 is 0 Å². The molecule has 0 saturated heterocycles. The lowest BCUT2D eigenvalue weighted by Gasteiger charge is -2.12. The average Bonchev–Trinajstić information content (AvgIpc) is 2.44. The first-order valence-electron chi connectivity index (χ1n) is 7.13. The third-order valence-electron chi connectivity index (χ3n) is 2.51. The summed E-state index contributed by atoms with van der Waals surface area (Å²) in [6.45, 7) is 8.54. The van der Waals surface area contributed by atoms with Gasteiger partial charge in [-0.15, -0.1) is 0 Å². The van der Waals surface area contributed by atoms with Crippen LogP contribution in [0.5, 0.6) is 5.75 Å². The lowest BCUT2D eigenvalue weighted by atomic mass is 10.2. The van der Waals surface area contributed by atoms with E-state index in [0.29, 0.717) is 24.8 Å². The zero-order chi connectivity index (χ0) is 15.7. The molecule has 1 rings (SSSR count). The number of halogens is 2. The minimum atomic E-state index is -0.910. The van der Waals surface area contributed by atoms with Gasteiger partial charge in [0, 0.05) is 19.2 Å². The molecule has 0 atom stereocenters. The van der Waals surface area contributed by atoms with E-state index in [1.54, 1.807) is 0 Å². The highest BCUT2D eigenvalue weighted by Gasteiger charge is 2.03. The van der Waals surface area contributed by atoms with Crippen LogP contribution in [0.1, 0.15) is 20.8 Å². The van der Waals surface area contributed by atoms with Crippen molar-refractivity contribution < 1.29 is 13.5 Å². The van der Waals surface area contributed by atoms with Crippen LogP contribution < -0.4 is 15.4 Å². The number of nitrogens with one attached hydrogen (secondary N) is 2. The van der Waals surface area contributed by atoms with Crippen molar-refractivity contribution in [2.75, 3.05) is 26.2 Å². The molecule has 0 bridgehead atoms. The van der Waals surface area contributed by atoms with Gasteiger partial charge in [0.15, 0.2) is 17.6 Å². The van der Waals surface area contributed by atoms with E-state index in [2.05, 4.69) is 29.5 Å². The maximum Gasteiger partial charge on any atom is 0.191 e. The predicted octanol–water partition coefficient (Wildman–Crippen LogP) is 2.55. The summed E-state index contributed by atoms with van der Waals surface area (Å²) in [6, 6.07) is 3.48. The van der Waals surface area contributed by atoms with Crippen molar-refractivity contribution in [3.63, 3.8) is 0 Å². The number of nitrogens with zero attached hydrogens (tertiary/aromatic N) is 1. The van der Waals surface area contributed by atoms with E-state index >= 15 is 0 Å². The standard InChI is InChI=1S/C15H23F2N3O/c1-4-18-15(20-10-11(2)3)19-7-8-21-12-5-6-13(16)14(17)9-12/h5-6,9,11H,4,7-8,10H2,1-3H3,(H2,18,19,20). The molecule has 6 heteroatoms. The Morgan fingerprint density at radius 2 is 2.00 bits per heavy atom. The molecule has 0 fully saturated rings. The summed E-state index contributed by atoms with van der Waals surface area (Å²) in [6.07, 6.45) is 0. The molecule has 0 aromatic heterocycles. The molecule has 0 saturated carbocycles. The quantitative estimate of drug-likeness (QED) is 0.462. The summed E-state index contributed by atoms with van der Waals surface area (Å²) in [5, 5.41) is 6.25. The zero-order valence-electron chi connectivity index (χ0n) is 12.7. The van der Waals surface area contributed by atoms with Crippen molar-refractivity contribution in [3.05, 3.63) is 29.8 Å². The van der Waals surface area contributed by atoms with E-state index in [1.807, 2.05) is 6.92 Å². The lowest BCUT2D eigenvalue weighted by molar-refractivity contribution is 0.318. The number of rotatable bonds is 7. The van der Waals surface area contributed by atoms with Gasteiger partial charge in [-0.05, 0) is 25.0 Å². The minimum absolute atomic E-state index is 0.305. The second kappa shape index (κ2) is 9.15. The van der Waals surface area contributed by atoms with Crippen LogP contribution in [0.25, 0.3) is 0 Å². The van der Waals surface area contributed by atoms with Crippen LogP contribution in [-0.4, -0.2) is 32.2 Å². The van der Waals surface area contributed by atoms with Gasteiger partial charge in [0.25, 0.3) is 0 Å². The Bertz CT molecular complexity index is 464. The van der Waals surface area contributed by atoms with Gasteiger partial charge in [-0.3, -0.25) is 4.99 Å². The van der Waals surface area contributed by atoms with E-state index in [-0.39, 0.29) is 0 Å². The van der Waals surface area contributed by atoms with E-state index in [4.69, 9.17) is 4.74 Å². The predicted molar refractivity (Wildman–Crippen MR) is 80.7 cm³/mol. The minimum Gasteiger partial charge on any atom is -0.492 e. The molecular weight excluding hydrogens is 276 g/mol. The zero-order valence-corrected chi connectivity index (χ0v) is 12.7. The van der Waals surface area contributed by atoms with E-state index in [9.17, 15) is 8.78 Å². The average molecular weight is 299 g/mol. The molecule has 0 aliphatic heterocycles. The van der Waals surface area contributed by atoms with Gasteiger partial charge in [-0.1, -0.05) is 13.8 Å². The Balaban J connectivity index is 2.36. The first-order valence-corrected chi connectivity index (χ1v) is 7.13. The number of hydrogen-bond acceptors (Lipinski definition) is 2. The fourth-order valence-corrected chi connectivity index (χ4v) is 1.52. The topological polar surface area (TPSA) is 45.7 Å². The highest BCUT2D eigenvalue weighted by molar-refractivity contribution is 5.79. The first kappa shape index (κ1) is 17.2. The van der Waals surface area contributed by atoms with Gasteiger partial charge in [-0.2, -0.15) is 0 Å². The summed E-state index contributed by atoms with van der Waals surface area (Å²) >= 11 is 0. The van der Waals surface area contributed by atoms with Gasteiger partial charge in [0.05, 0.1) is 6.54 Å². The molecule has 0 aliphatic rings. The molecular formula is C15H23F2N3O. The fourth-order valence-electron chi connectivity index (χ4n) is 1.52. The van der Waals surface area contributed by atoms with Gasteiger partial charge >= 0.3 is 0 Å². The molecule has 2 N–H and O–H groups in total. The van der Waals surface area contributed by atoms with E-state index in [0.717, 1.165) is 31.2 Å². The Labute approximate surface area is 124 Å². The fraction of sp³-hybridized carbons (Fsp3) is 0.533. The van der Waals surface area contributed by atoms with Crippen molar-refractivity contribution in [1.82, 2.24) is 10.6 Å². The third-order valence-corrected chi connectivity index (χ3v) is 2.51. The summed E-state index contributed by atoms with van der Waals surface area (Å²) in [5.41, 5.74) is 0. The highest BCUT2D eigenvalue weighted by atomic mass is 19.2. The molecule has 4 nitrogen and oxygen atoms in total.